The minimum absolute atomic E-state index is 0.0494. The van der Waals surface area contributed by atoms with Crippen LogP contribution in [0.15, 0.2) is 42.9 Å². The molecular weight excluding hydrogens is 402 g/mol. The summed E-state index contributed by atoms with van der Waals surface area (Å²) in [5.74, 6) is 1.37. The van der Waals surface area contributed by atoms with Gasteiger partial charge in [-0.05, 0) is 24.1 Å². The Morgan fingerprint density at radius 1 is 1.17 bits per heavy atom. The Kier molecular flexibility index (Phi) is 5.85. The number of hydrogen-bond acceptors (Lipinski definition) is 6. The molecule has 4 rings (SSSR count). The first-order valence-corrected chi connectivity index (χ1v) is 10.3. The zero-order chi connectivity index (χ0) is 21.1. The normalized spacial score (nSPS) is 13.5. The van der Waals surface area contributed by atoms with Gasteiger partial charge in [0.1, 0.15) is 5.69 Å². The van der Waals surface area contributed by atoms with Gasteiger partial charge in [0, 0.05) is 36.9 Å². The molecule has 3 heterocycles. The average Bonchev–Trinajstić information content (AvgIpc) is 3.19. The van der Waals surface area contributed by atoms with Crippen molar-refractivity contribution in [3.63, 3.8) is 0 Å². The summed E-state index contributed by atoms with van der Waals surface area (Å²) in [5, 5.41) is 8.41. The van der Waals surface area contributed by atoms with E-state index in [1.165, 1.54) is 0 Å². The Balaban J connectivity index is 1.43. The number of carbonyl (C=O) groups excluding carboxylic acids is 1. The third kappa shape index (κ3) is 4.38. The van der Waals surface area contributed by atoms with Crippen LogP contribution in [0.25, 0.3) is 0 Å². The van der Waals surface area contributed by atoms with E-state index >= 15 is 0 Å². The summed E-state index contributed by atoms with van der Waals surface area (Å²) in [5.41, 5.74) is 2.90. The van der Waals surface area contributed by atoms with Crippen molar-refractivity contribution in [1.29, 1.82) is 0 Å². The van der Waals surface area contributed by atoms with E-state index in [1.54, 1.807) is 18.1 Å². The fraction of sp³-hybridized carbons (Fsp3) is 0.333. The first-order valence-electron chi connectivity index (χ1n) is 9.91. The van der Waals surface area contributed by atoms with Gasteiger partial charge >= 0.3 is 0 Å². The number of aromatic nitrogens is 4. The van der Waals surface area contributed by atoms with Crippen LogP contribution < -0.4 is 15.1 Å². The number of amides is 1. The third-order valence-electron chi connectivity index (χ3n) is 5.00. The Bertz CT molecular complexity index is 1030. The second-order valence-electron chi connectivity index (χ2n) is 7.30. The lowest BCUT2D eigenvalue weighted by atomic mass is 10.2. The number of nitrogens with zero attached hydrogens (tertiary/aromatic N) is 6. The van der Waals surface area contributed by atoms with Gasteiger partial charge in [-0.15, -0.1) is 0 Å². The molecular formula is C21H24ClN7O. The van der Waals surface area contributed by atoms with Crippen molar-refractivity contribution < 1.29 is 4.79 Å². The standard InChI is InChI=1S/C21H24ClN7O/c1-3-8-28-14-19(30)27(2)18-11-24-21(26-20(18)28)23-9-16-10-25-29(13-16)12-15-4-6-17(22)7-5-15/h4-7,10-11,13H,3,8-9,12,14H2,1-2H3,(H,23,24,26). The van der Waals surface area contributed by atoms with Gasteiger partial charge in [-0.1, -0.05) is 30.7 Å². The molecule has 1 N–H and O–H groups in total. The Morgan fingerprint density at radius 2 is 1.97 bits per heavy atom. The molecule has 1 amide bonds. The molecule has 0 saturated heterocycles. The summed E-state index contributed by atoms with van der Waals surface area (Å²) in [4.78, 5) is 24.9. The molecule has 0 fully saturated rings. The Hall–Kier alpha value is -3.13. The van der Waals surface area contributed by atoms with Gasteiger partial charge in [0.05, 0.1) is 25.5 Å². The van der Waals surface area contributed by atoms with Gasteiger partial charge in [-0.3, -0.25) is 9.48 Å². The molecule has 0 saturated carbocycles. The summed E-state index contributed by atoms with van der Waals surface area (Å²) < 4.78 is 1.89. The minimum Gasteiger partial charge on any atom is -0.350 e. The lowest BCUT2D eigenvalue weighted by Crippen LogP contribution is -2.44. The molecule has 8 nitrogen and oxygen atoms in total. The lowest BCUT2D eigenvalue weighted by Gasteiger charge is -2.34. The van der Waals surface area contributed by atoms with Crippen LogP contribution >= 0.6 is 11.6 Å². The summed E-state index contributed by atoms with van der Waals surface area (Å²) in [6.45, 7) is 4.44. The maximum atomic E-state index is 12.2. The smallest absolute Gasteiger partial charge is 0.246 e. The van der Waals surface area contributed by atoms with Crippen LogP contribution in [0.2, 0.25) is 5.02 Å². The molecule has 0 bridgehead atoms. The summed E-state index contributed by atoms with van der Waals surface area (Å²) in [6, 6.07) is 7.74. The highest BCUT2D eigenvalue weighted by molar-refractivity contribution is 6.30. The van der Waals surface area contributed by atoms with E-state index in [2.05, 4.69) is 27.3 Å². The first kappa shape index (κ1) is 20.2. The molecule has 1 aliphatic heterocycles. The van der Waals surface area contributed by atoms with Gasteiger partial charge < -0.3 is 15.1 Å². The van der Waals surface area contributed by atoms with E-state index in [4.69, 9.17) is 11.6 Å². The van der Waals surface area contributed by atoms with Crippen molar-refractivity contribution in [1.82, 2.24) is 19.7 Å². The van der Waals surface area contributed by atoms with Crippen LogP contribution in [0.1, 0.15) is 24.5 Å². The zero-order valence-corrected chi connectivity index (χ0v) is 17.8. The van der Waals surface area contributed by atoms with Crippen LogP contribution in [-0.2, 0) is 17.9 Å². The molecule has 1 aromatic carbocycles. The number of halogens is 1. The quantitative estimate of drug-likeness (QED) is 0.626. The number of fused-ring (bicyclic) bond motifs is 1. The van der Waals surface area contributed by atoms with Gasteiger partial charge in [-0.2, -0.15) is 10.1 Å². The molecule has 1 aliphatic rings. The minimum atomic E-state index is 0.0494. The van der Waals surface area contributed by atoms with E-state index < -0.39 is 0 Å². The second kappa shape index (κ2) is 8.71. The molecule has 2 aromatic heterocycles. The molecule has 3 aromatic rings. The number of nitrogens with one attached hydrogen (secondary N) is 1. The number of anilines is 3. The average molecular weight is 426 g/mol. The summed E-state index contributed by atoms with van der Waals surface area (Å²) >= 11 is 5.94. The van der Waals surface area contributed by atoms with E-state index in [0.29, 0.717) is 25.6 Å². The number of hydrogen-bond donors (Lipinski definition) is 1. The third-order valence-corrected chi connectivity index (χ3v) is 5.25. The zero-order valence-electron chi connectivity index (χ0n) is 17.0. The number of carbonyl (C=O) groups is 1. The van der Waals surface area contributed by atoms with Gasteiger partial charge in [0.25, 0.3) is 0 Å². The summed E-state index contributed by atoms with van der Waals surface area (Å²) in [7, 11) is 1.76. The monoisotopic (exact) mass is 425 g/mol. The van der Waals surface area contributed by atoms with E-state index in [0.717, 1.165) is 40.6 Å². The van der Waals surface area contributed by atoms with Crippen molar-refractivity contribution in [2.75, 3.05) is 35.3 Å². The Morgan fingerprint density at radius 3 is 2.73 bits per heavy atom. The van der Waals surface area contributed by atoms with Crippen molar-refractivity contribution in [3.05, 3.63) is 59.0 Å². The summed E-state index contributed by atoms with van der Waals surface area (Å²) in [6.07, 6.45) is 6.47. The molecule has 0 aliphatic carbocycles. The van der Waals surface area contributed by atoms with Gasteiger partial charge in [0.15, 0.2) is 5.82 Å². The number of rotatable bonds is 7. The highest BCUT2D eigenvalue weighted by atomic mass is 35.5. The maximum absolute atomic E-state index is 12.2. The molecule has 30 heavy (non-hydrogen) atoms. The van der Waals surface area contributed by atoms with E-state index in [9.17, 15) is 4.79 Å². The van der Waals surface area contributed by atoms with Gasteiger partial charge in [-0.25, -0.2) is 4.98 Å². The second-order valence-corrected chi connectivity index (χ2v) is 7.74. The van der Waals surface area contributed by atoms with E-state index in [-0.39, 0.29) is 5.91 Å². The fourth-order valence-electron chi connectivity index (χ4n) is 3.40. The van der Waals surface area contributed by atoms with Crippen LogP contribution in [-0.4, -0.2) is 45.8 Å². The maximum Gasteiger partial charge on any atom is 0.246 e. The molecule has 0 radical (unpaired) electrons. The number of likely N-dealkylation sites (N-methyl/N-ethyl adjacent to an activating group) is 1. The van der Waals surface area contributed by atoms with Crippen LogP contribution in [0.5, 0.6) is 0 Å². The predicted octanol–water partition coefficient (Wildman–Crippen LogP) is 3.18. The van der Waals surface area contributed by atoms with Crippen molar-refractivity contribution in [2.24, 2.45) is 0 Å². The topological polar surface area (TPSA) is 79.2 Å². The van der Waals surface area contributed by atoms with Crippen molar-refractivity contribution in [2.45, 2.75) is 26.4 Å². The molecule has 9 heteroatoms. The van der Waals surface area contributed by atoms with Gasteiger partial charge in [0.2, 0.25) is 11.9 Å². The lowest BCUT2D eigenvalue weighted by molar-refractivity contribution is -0.117. The van der Waals surface area contributed by atoms with Crippen LogP contribution in [0, 0.1) is 0 Å². The fourth-order valence-corrected chi connectivity index (χ4v) is 3.52. The first-order chi connectivity index (χ1) is 14.5. The molecule has 0 unspecified atom stereocenters. The molecule has 156 valence electrons. The number of benzene rings is 1. The largest absolute Gasteiger partial charge is 0.350 e. The molecule has 0 spiro atoms. The predicted molar refractivity (Wildman–Crippen MR) is 118 cm³/mol. The van der Waals surface area contributed by atoms with E-state index in [1.807, 2.05) is 46.2 Å². The van der Waals surface area contributed by atoms with Crippen LogP contribution in [0.4, 0.5) is 17.5 Å². The Labute approximate surface area is 180 Å². The highest BCUT2D eigenvalue weighted by Crippen LogP contribution is 2.31. The van der Waals surface area contributed by atoms with Crippen molar-refractivity contribution >= 4 is 35.0 Å². The van der Waals surface area contributed by atoms with Crippen molar-refractivity contribution in [3.8, 4) is 0 Å². The molecule has 0 atom stereocenters. The highest BCUT2D eigenvalue weighted by Gasteiger charge is 2.28. The van der Waals surface area contributed by atoms with Crippen LogP contribution in [0.3, 0.4) is 0 Å². The SMILES string of the molecule is CCCN1CC(=O)N(C)c2cnc(NCc3cnn(Cc4ccc(Cl)cc4)c3)nc21.